The van der Waals surface area contributed by atoms with Crippen LogP contribution >= 0.6 is 11.6 Å². The molecule has 2 amide bonds. The maximum Gasteiger partial charge on any atom is 0.239 e. The quantitative estimate of drug-likeness (QED) is 0.535. The fourth-order valence-electron chi connectivity index (χ4n) is 0.508. The Morgan fingerprint density at radius 2 is 1.77 bits per heavy atom. The highest BCUT2D eigenvalue weighted by molar-refractivity contribution is 6.29. The third-order valence-electron chi connectivity index (χ3n) is 1.11. The first-order valence-electron chi connectivity index (χ1n) is 3.63. The van der Waals surface area contributed by atoms with Crippen molar-refractivity contribution < 1.29 is 9.59 Å². The van der Waals surface area contributed by atoms with E-state index in [0.29, 0.717) is 5.03 Å². The van der Waals surface area contributed by atoms with Crippen molar-refractivity contribution in [3.63, 3.8) is 0 Å². The van der Waals surface area contributed by atoms with Crippen molar-refractivity contribution in [2.75, 3.05) is 19.6 Å². The number of hydrogen-bond acceptors (Lipinski definition) is 3. The second-order valence-corrected chi connectivity index (χ2v) is 2.81. The fourth-order valence-corrected chi connectivity index (χ4v) is 0.575. The van der Waals surface area contributed by atoms with E-state index in [1.54, 1.807) is 0 Å². The van der Waals surface area contributed by atoms with Gasteiger partial charge in [-0.15, -0.1) is 0 Å². The van der Waals surface area contributed by atoms with Crippen molar-refractivity contribution in [2.24, 2.45) is 5.73 Å². The first-order chi connectivity index (χ1) is 6.06. The largest absolute Gasteiger partial charge is 0.350 e. The van der Waals surface area contributed by atoms with Crippen molar-refractivity contribution >= 4 is 23.4 Å². The van der Waals surface area contributed by atoms with Crippen LogP contribution in [0.4, 0.5) is 0 Å². The molecule has 0 saturated heterocycles. The molecule has 0 aromatic rings. The van der Waals surface area contributed by atoms with E-state index in [0.717, 1.165) is 0 Å². The lowest BCUT2D eigenvalue weighted by Gasteiger charge is -2.04. The second kappa shape index (κ2) is 6.45. The van der Waals surface area contributed by atoms with Gasteiger partial charge in [0.25, 0.3) is 0 Å². The SMILES string of the molecule is C=C(Cl)CNC(=O)CNC(=O)CN. The average Bonchev–Trinajstić information content (AvgIpc) is 2.10. The molecule has 6 heteroatoms. The van der Waals surface area contributed by atoms with E-state index >= 15 is 0 Å². The molecule has 0 atom stereocenters. The summed E-state index contributed by atoms with van der Waals surface area (Å²) in [6.45, 7) is 3.35. The van der Waals surface area contributed by atoms with Gasteiger partial charge in [0.15, 0.2) is 0 Å². The number of amides is 2. The van der Waals surface area contributed by atoms with Crippen molar-refractivity contribution in [1.82, 2.24) is 10.6 Å². The van der Waals surface area contributed by atoms with Crippen LogP contribution in [0.3, 0.4) is 0 Å². The van der Waals surface area contributed by atoms with E-state index < -0.39 is 0 Å². The van der Waals surface area contributed by atoms with Crippen molar-refractivity contribution in [1.29, 1.82) is 0 Å². The van der Waals surface area contributed by atoms with Crippen LogP contribution in [0.1, 0.15) is 0 Å². The second-order valence-electron chi connectivity index (χ2n) is 2.27. The Morgan fingerprint density at radius 3 is 2.23 bits per heavy atom. The van der Waals surface area contributed by atoms with Gasteiger partial charge in [-0.3, -0.25) is 9.59 Å². The lowest BCUT2D eigenvalue weighted by atomic mass is 10.5. The molecule has 0 saturated carbocycles. The molecule has 0 aromatic heterocycles. The lowest BCUT2D eigenvalue weighted by Crippen LogP contribution is -2.39. The van der Waals surface area contributed by atoms with Crippen LogP contribution in [0.2, 0.25) is 0 Å². The molecular weight excluding hydrogens is 194 g/mol. The summed E-state index contributed by atoms with van der Waals surface area (Å²) in [5.74, 6) is -0.705. The highest BCUT2D eigenvalue weighted by Crippen LogP contribution is 1.91. The van der Waals surface area contributed by atoms with Gasteiger partial charge >= 0.3 is 0 Å². The van der Waals surface area contributed by atoms with Gasteiger partial charge in [-0.2, -0.15) is 0 Å². The minimum atomic E-state index is -0.375. The molecule has 0 unspecified atom stereocenters. The summed E-state index contributed by atoms with van der Waals surface area (Å²) in [5.41, 5.74) is 5.00. The van der Waals surface area contributed by atoms with Crippen LogP contribution < -0.4 is 16.4 Å². The number of halogens is 1. The third kappa shape index (κ3) is 7.30. The Balaban J connectivity index is 3.52. The Hall–Kier alpha value is -1.07. The van der Waals surface area contributed by atoms with E-state index in [4.69, 9.17) is 17.3 Å². The van der Waals surface area contributed by atoms with Gasteiger partial charge in [-0.1, -0.05) is 18.2 Å². The predicted octanol–water partition coefficient (Wildman–Crippen LogP) is -1.07. The minimum absolute atomic E-state index is 0.0970. The number of rotatable bonds is 5. The Labute approximate surface area is 81.3 Å². The summed E-state index contributed by atoms with van der Waals surface area (Å²) in [4.78, 5) is 21.5. The van der Waals surface area contributed by atoms with Crippen LogP contribution in [0.15, 0.2) is 11.6 Å². The Morgan fingerprint density at radius 1 is 1.23 bits per heavy atom. The van der Waals surface area contributed by atoms with Crippen molar-refractivity contribution in [2.45, 2.75) is 0 Å². The normalized spacial score (nSPS) is 9.08. The zero-order valence-electron chi connectivity index (χ0n) is 7.10. The van der Waals surface area contributed by atoms with Crippen LogP contribution in [-0.2, 0) is 9.59 Å². The number of carbonyl (C=O) groups excluding carboxylic acids is 2. The summed E-state index contributed by atoms with van der Waals surface area (Å²) in [7, 11) is 0. The van der Waals surface area contributed by atoms with E-state index in [9.17, 15) is 9.59 Å². The molecule has 0 radical (unpaired) electrons. The molecule has 5 nitrogen and oxygen atoms in total. The van der Waals surface area contributed by atoms with E-state index in [1.165, 1.54) is 0 Å². The monoisotopic (exact) mass is 205 g/mol. The number of carbonyl (C=O) groups is 2. The molecule has 0 bridgehead atoms. The van der Waals surface area contributed by atoms with Crippen LogP contribution in [0.25, 0.3) is 0 Å². The van der Waals surface area contributed by atoms with E-state index in [1.807, 2.05) is 0 Å². The first kappa shape index (κ1) is 11.9. The average molecular weight is 206 g/mol. The van der Waals surface area contributed by atoms with Gasteiger partial charge in [0, 0.05) is 5.03 Å². The molecule has 0 heterocycles. The van der Waals surface area contributed by atoms with Gasteiger partial charge in [0.2, 0.25) is 11.8 Å². The Bertz CT molecular complexity index is 218. The van der Waals surface area contributed by atoms with Gasteiger partial charge in [0.1, 0.15) is 0 Å². The summed E-state index contributed by atoms with van der Waals surface area (Å²) >= 11 is 5.40. The number of hydrogen-bond donors (Lipinski definition) is 3. The molecule has 0 spiro atoms. The predicted molar refractivity (Wildman–Crippen MR) is 50.1 cm³/mol. The molecule has 0 aromatic carbocycles. The maximum absolute atomic E-state index is 10.9. The van der Waals surface area contributed by atoms with Gasteiger partial charge < -0.3 is 16.4 Å². The number of nitrogens with one attached hydrogen (secondary N) is 2. The standard InChI is InChI=1S/C7H12ClN3O2/c1-5(8)3-10-7(13)4-11-6(12)2-9/h1-4,9H2,(H,10,13)(H,11,12). The molecule has 74 valence electrons. The fraction of sp³-hybridized carbons (Fsp3) is 0.429. The molecule has 0 aliphatic heterocycles. The molecule has 4 N–H and O–H groups in total. The zero-order chi connectivity index (χ0) is 10.3. The summed E-state index contributed by atoms with van der Waals surface area (Å²) in [6, 6.07) is 0. The molecule has 13 heavy (non-hydrogen) atoms. The molecule has 0 fully saturated rings. The van der Waals surface area contributed by atoms with Crippen LogP contribution in [0.5, 0.6) is 0 Å². The summed E-state index contributed by atoms with van der Waals surface area (Å²) in [5, 5.41) is 5.07. The maximum atomic E-state index is 10.9. The molecular formula is C7H12ClN3O2. The zero-order valence-corrected chi connectivity index (χ0v) is 7.86. The smallest absolute Gasteiger partial charge is 0.239 e. The molecule has 0 aliphatic rings. The molecule has 0 aliphatic carbocycles. The van der Waals surface area contributed by atoms with E-state index in [2.05, 4.69) is 17.2 Å². The van der Waals surface area contributed by atoms with Gasteiger partial charge in [-0.05, 0) is 0 Å². The number of nitrogens with two attached hydrogens (primary N) is 1. The first-order valence-corrected chi connectivity index (χ1v) is 4.00. The van der Waals surface area contributed by atoms with Gasteiger partial charge in [0.05, 0.1) is 19.6 Å². The summed E-state index contributed by atoms with van der Waals surface area (Å²) in [6.07, 6.45) is 0. The minimum Gasteiger partial charge on any atom is -0.350 e. The van der Waals surface area contributed by atoms with Crippen LogP contribution in [-0.4, -0.2) is 31.4 Å². The highest BCUT2D eigenvalue weighted by atomic mass is 35.5. The lowest BCUT2D eigenvalue weighted by molar-refractivity contribution is -0.125. The summed E-state index contributed by atoms with van der Waals surface area (Å²) < 4.78 is 0. The van der Waals surface area contributed by atoms with Crippen molar-refractivity contribution in [3.05, 3.63) is 11.6 Å². The topological polar surface area (TPSA) is 84.2 Å². The Kier molecular flexibility index (Phi) is 5.92. The highest BCUT2D eigenvalue weighted by Gasteiger charge is 2.02. The van der Waals surface area contributed by atoms with Crippen molar-refractivity contribution in [3.8, 4) is 0 Å². The van der Waals surface area contributed by atoms with Crippen LogP contribution in [0, 0.1) is 0 Å². The molecule has 0 rings (SSSR count). The third-order valence-corrected chi connectivity index (χ3v) is 1.24. The van der Waals surface area contributed by atoms with E-state index in [-0.39, 0.29) is 31.4 Å². The van der Waals surface area contributed by atoms with Gasteiger partial charge in [-0.25, -0.2) is 0 Å².